The number of carbonyl (C=O) groups is 2. The average molecular weight is 586 g/mol. The molecule has 0 bridgehead atoms. The fourth-order valence-corrected chi connectivity index (χ4v) is 5.68. The number of benzene rings is 2. The second-order valence-electron chi connectivity index (χ2n) is 9.78. The molecule has 0 spiro atoms. The summed E-state index contributed by atoms with van der Waals surface area (Å²) < 4.78 is 7.66. The van der Waals surface area contributed by atoms with Crippen LogP contribution in [0.3, 0.4) is 0 Å². The molecule has 0 aliphatic heterocycles. The monoisotopic (exact) mass is 585 g/mol. The maximum absolute atomic E-state index is 13.2. The van der Waals surface area contributed by atoms with Gasteiger partial charge in [0.2, 0.25) is 5.91 Å². The molecule has 5 rings (SSSR count). The van der Waals surface area contributed by atoms with Crippen LogP contribution >= 0.6 is 11.3 Å². The fourth-order valence-electron chi connectivity index (χ4n) is 4.66. The molecule has 3 N–H and O–H groups in total. The van der Waals surface area contributed by atoms with Crippen LogP contribution in [0.25, 0.3) is 21.5 Å². The molecule has 42 heavy (non-hydrogen) atoms. The third kappa shape index (κ3) is 6.36. The Labute approximate surface area is 245 Å². The number of H-pyrrole nitrogens is 1. The van der Waals surface area contributed by atoms with Crippen LogP contribution in [0.15, 0.2) is 82.4 Å². The van der Waals surface area contributed by atoms with Crippen LogP contribution in [-0.2, 0) is 31.4 Å². The molecule has 0 saturated carbocycles. The van der Waals surface area contributed by atoms with Gasteiger partial charge in [-0.3, -0.25) is 23.5 Å². The molecule has 216 valence electrons. The number of carbonyl (C=O) groups excluding carboxylic acids is 2. The zero-order chi connectivity index (χ0) is 29.6. The number of hydrogen-bond acceptors (Lipinski definition) is 6. The van der Waals surface area contributed by atoms with Gasteiger partial charge in [0.05, 0.1) is 17.4 Å². The van der Waals surface area contributed by atoms with Gasteiger partial charge in [0.15, 0.2) is 0 Å². The van der Waals surface area contributed by atoms with Crippen molar-refractivity contribution in [2.75, 3.05) is 13.7 Å². The highest BCUT2D eigenvalue weighted by molar-refractivity contribution is 7.20. The van der Waals surface area contributed by atoms with Crippen LogP contribution in [0.1, 0.15) is 27.3 Å². The van der Waals surface area contributed by atoms with E-state index in [-0.39, 0.29) is 43.3 Å². The van der Waals surface area contributed by atoms with Crippen LogP contribution in [-0.4, -0.2) is 39.6 Å². The predicted octanol–water partition coefficient (Wildman–Crippen LogP) is 3.44. The molecule has 0 fully saturated rings. The lowest BCUT2D eigenvalue weighted by atomic mass is 10.2. The van der Waals surface area contributed by atoms with E-state index in [1.807, 2.05) is 66.7 Å². The number of aromatic amines is 1. The quantitative estimate of drug-likeness (QED) is 0.219. The van der Waals surface area contributed by atoms with Crippen molar-refractivity contribution in [3.05, 3.63) is 110 Å². The first-order valence-corrected chi connectivity index (χ1v) is 14.3. The van der Waals surface area contributed by atoms with Crippen LogP contribution in [0.4, 0.5) is 0 Å². The van der Waals surface area contributed by atoms with E-state index in [1.165, 1.54) is 10.6 Å². The third-order valence-electron chi connectivity index (χ3n) is 6.93. The molecule has 0 aliphatic rings. The molecule has 3 heterocycles. The Morgan fingerprint density at radius 2 is 1.79 bits per heavy atom. The van der Waals surface area contributed by atoms with Gasteiger partial charge in [-0.15, -0.1) is 11.3 Å². The number of nitrogens with zero attached hydrogens (tertiary/aromatic N) is 2. The minimum atomic E-state index is -0.508. The summed E-state index contributed by atoms with van der Waals surface area (Å²) in [6.45, 7) is 0.420. The van der Waals surface area contributed by atoms with Gasteiger partial charge in [-0.25, -0.2) is 4.79 Å². The number of aryl methyl sites for hydroxylation is 2. The van der Waals surface area contributed by atoms with E-state index in [1.54, 1.807) is 14.2 Å². The molecule has 0 unspecified atom stereocenters. The van der Waals surface area contributed by atoms with Gasteiger partial charge >= 0.3 is 5.69 Å². The maximum Gasteiger partial charge on any atom is 0.331 e. The highest BCUT2D eigenvalue weighted by Crippen LogP contribution is 2.22. The van der Waals surface area contributed by atoms with Gasteiger partial charge in [-0.1, -0.05) is 42.5 Å². The summed E-state index contributed by atoms with van der Waals surface area (Å²) in [6.07, 6.45) is 0.795. The molecule has 10 nitrogen and oxygen atoms in total. The van der Waals surface area contributed by atoms with E-state index in [9.17, 15) is 19.2 Å². The van der Waals surface area contributed by atoms with Crippen molar-refractivity contribution in [1.29, 1.82) is 0 Å². The van der Waals surface area contributed by atoms with Crippen LogP contribution in [0.5, 0.6) is 5.75 Å². The van der Waals surface area contributed by atoms with Crippen molar-refractivity contribution >= 4 is 33.4 Å². The van der Waals surface area contributed by atoms with Crippen molar-refractivity contribution in [2.24, 2.45) is 7.05 Å². The number of ether oxygens (including phenoxy) is 1. The van der Waals surface area contributed by atoms with Gasteiger partial charge in [-0.2, -0.15) is 0 Å². The van der Waals surface area contributed by atoms with E-state index < -0.39 is 11.2 Å². The lowest BCUT2D eigenvalue weighted by Gasteiger charge is -2.09. The molecule has 0 atom stereocenters. The first-order chi connectivity index (χ1) is 20.3. The van der Waals surface area contributed by atoms with Gasteiger partial charge < -0.3 is 20.4 Å². The molecule has 2 aromatic carbocycles. The van der Waals surface area contributed by atoms with Crippen molar-refractivity contribution < 1.29 is 14.3 Å². The summed E-state index contributed by atoms with van der Waals surface area (Å²) in [4.78, 5) is 55.5. The van der Waals surface area contributed by atoms with Gasteiger partial charge in [-0.05, 0) is 47.9 Å². The zero-order valence-corrected chi connectivity index (χ0v) is 24.1. The zero-order valence-electron chi connectivity index (χ0n) is 23.3. The second-order valence-corrected chi connectivity index (χ2v) is 10.8. The molecule has 0 saturated heterocycles. The lowest BCUT2D eigenvalue weighted by Crippen LogP contribution is -2.41. The van der Waals surface area contributed by atoms with E-state index in [0.717, 1.165) is 38.4 Å². The van der Waals surface area contributed by atoms with Crippen molar-refractivity contribution in [2.45, 2.75) is 25.9 Å². The first kappa shape index (κ1) is 28.6. The Hall–Kier alpha value is -4.90. The number of hydrogen-bond donors (Lipinski definition) is 3. The fraction of sp³-hybridized carbons (Fsp3) is 0.226. The normalized spacial score (nSPS) is 11.0. The lowest BCUT2D eigenvalue weighted by molar-refractivity contribution is -0.121. The molecule has 3 aromatic heterocycles. The second kappa shape index (κ2) is 12.7. The summed E-state index contributed by atoms with van der Waals surface area (Å²) in [5.41, 5.74) is 2.87. The smallest absolute Gasteiger partial charge is 0.331 e. The molecular formula is C31H31N5O5S. The van der Waals surface area contributed by atoms with Crippen molar-refractivity contribution in [3.63, 3.8) is 0 Å². The maximum atomic E-state index is 13.2. The SMILES string of the molecule is COc1cccc(CNC(=O)c2cc3c(=O)n(CCNC(=O)CCc4ccc(-c5ccccc5)[nH]4)c(=O)n(C)c3s2)c1. The first-order valence-electron chi connectivity index (χ1n) is 13.5. The largest absolute Gasteiger partial charge is 0.497 e. The standard InChI is InChI=1S/C31H31N5O5S/c1-35-30-24(18-26(42-30)28(38)33-19-20-7-6-10-23(17-20)41-2)29(39)36(31(35)40)16-15-32-27(37)14-12-22-11-13-25(34-22)21-8-4-3-5-9-21/h3-11,13,17-18,34H,12,14-16,19H2,1-2H3,(H,32,37)(H,33,38). The minimum absolute atomic E-state index is 0.0149. The number of fused-ring (bicyclic) bond motifs is 1. The molecule has 0 radical (unpaired) electrons. The Balaban J connectivity index is 1.19. The number of aromatic nitrogens is 3. The van der Waals surface area contributed by atoms with Crippen molar-refractivity contribution in [1.82, 2.24) is 24.8 Å². The van der Waals surface area contributed by atoms with Gasteiger partial charge in [0, 0.05) is 44.5 Å². The summed E-state index contributed by atoms with van der Waals surface area (Å²) in [7, 11) is 3.14. The Kier molecular flexibility index (Phi) is 8.68. The topological polar surface area (TPSA) is 127 Å². The Morgan fingerprint density at radius 1 is 0.976 bits per heavy atom. The van der Waals surface area contributed by atoms with E-state index in [2.05, 4.69) is 15.6 Å². The average Bonchev–Trinajstić information content (AvgIpc) is 3.68. The van der Waals surface area contributed by atoms with Crippen molar-refractivity contribution in [3.8, 4) is 17.0 Å². The minimum Gasteiger partial charge on any atom is -0.497 e. The van der Waals surface area contributed by atoms with Crippen LogP contribution < -0.4 is 26.6 Å². The number of amides is 2. The summed E-state index contributed by atoms with van der Waals surface area (Å²) >= 11 is 1.09. The van der Waals surface area contributed by atoms with E-state index in [4.69, 9.17) is 4.74 Å². The van der Waals surface area contributed by atoms with E-state index in [0.29, 0.717) is 21.9 Å². The van der Waals surface area contributed by atoms with Gasteiger partial charge in [0.25, 0.3) is 11.5 Å². The summed E-state index contributed by atoms with van der Waals surface area (Å²) in [5.74, 6) is 0.165. The number of thiophene rings is 1. The summed E-state index contributed by atoms with van der Waals surface area (Å²) in [6, 6.07) is 22.7. The van der Waals surface area contributed by atoms with E-state index >= 15 is 0 Å². The molecule has 0 aliphatic carbocycles. The number of methoxy groups -OCH3 is 1. The number of rotatable bonds is 11. The highest BCUT2D eigenvalue weighted by Gasteiger charge is 2.18. The predicted molar refractivity (Wildman–Crippen MR) is 163 cm³/mol. The van der Waals surface area contributed by atoms with Crippen LogP contribution in [0.2, 0.25) is 0 Å². The Morgan fingerprint density at radius 3 is 2.57 bits per heavy atom. The molecule has 5 aromatic rings. The molecule has 11 heteroatoms. The molecular weight excluding hydrogens is 554 g/mol. The summed E-state index contributed by atoms with van der Waals surface area (Å²) in [5, 5.41) is 5.92. The highest BCUT2D eigenvalue weighted by atomic mass is 32.1. The number of nitrogens with one attached hydrogen (secondary N) is 3. The van der Waals surface area contributed by atoms with Crippen LogP contribution in [0, 0.1) is 0 Å². The Bertz CT molecular complexity index is 1850. The van der Waals surface area contributed by atoms with Gasteiger partial charge in [0.1, 0.15) is 10.6 Å². The third-order valence-corrected chi connectivity index (χ3v) is 8.14. The molecule has 2 amide bonds.